The molecule has 5 rings (SSSR count). The van der Waals surface area contributed by atoms with Gasteiger partial charge in [-0.15, -0.1) is 0 Å². The summed E-state index contributed by atoms with van der Waals surface area (Å²) in [6, 6.07) is 15.5. The second-order valence-electron chi connectivity index (χ2n) is 9.43. The Balaban J connectivity index is 1.17. The first-order valence-electron chi connectivity index (χ1n) is 12.3. The number of carboxylic acids is 1. The van der Waals surface area contributed by atoms with Gasteiger partial charge in [0.25, 0.3) is 5.91 Å². The zero-order valence-electron chi connectivity index (χ0n) is 19.5. The summed E-state index contributed by atoms with van der Waals surface area (Å²) >= 11 is 0. The molecule has 35 heavy (non-hydrogen) atoms. The van der Waals surface area contributed by atoms with Crippen LogP contribution in [0, 0.1) is 5.92 Å². The highest BCUT2D eigenvalue weighted by molar-refractivity contribution is 5.87. The molecule has 1 aliphatic carbocycles. The molecule has 3 atom stereocenters. The van der Waals surface area contributed by atoms with Crippen molar-refractivity contribution in [1.82, 2.24) is 10.2 Å². The zero-order valence-corrected chi connectivity index (χ0v) is 19.5. The van der Waals surface area contributed by atoms with Gasteiger partial charge in [0.2, 0.25) is 0 Å². The molecule has 0 spiro atoms. The van der Waals surface area contributed by atoms with E-state index in [1.807, 2.05) is 24.3 Å². The number of piperidine rings is 1. The van der Waals surface area contributed by atoms with E-state index >= 15 is 0 Å². The van der Waals surface area contributed by atoms with E-state index in [4.69, 9.17) is 9.47 Å². The van der Waals surface area contributed by atoms with Crippen LogP contribution in [0.3, 0.4) is 0 Å². The second-order valence-corrected chi connectivity index (χ2v) is 9.43. The molecule has 184 valence electrons. The van der Waals surface area contributed by atoms with Crippen molar-refractivity contribution in [3.63, 3.8) is 0 Å². The lowest BCUT2D eigenvalue weighted by atomic mass is 9.96. The average Bonchev–Trinajstić information content (AvgIpc) is 3.48. The minimum atomic E-state index is -0.982. The number of hydrogen-bond acceptors (Lipinski definition) is 5. The van der Waals surface area contributed by atoms with Gasteiger partial charge in [0.15, 0.2) is 0 Å². The number of carbonyl (C=O) groups excluding carboxylic acids is 2. The van der Waals surface area contributed by atoms with Crippen LogP contribution in [0.15, 0.2) is 48.5 Å². The maximum atomic E-state index is 13.1. The van der Waals surface area contributed by atoms with Crippen LogP contribution in [-0.2, 0) is 19.1 Å². The fourth-order valence-electron chi connectivity index (χ4n) is 5.60. The normalized spacial score (nSPS) is 23.4. The predicted molar refractivity (Wildman–Crippen MR) is 128 cm³/mol. The quantitative estimate of drug-likeness (QED) is 0.659. The molecule has 2 fully saturated rings. The number of carbonyl (C=O) groups is 3. The van der Waals surface area contributed by atoms with Crippen molar-refractivity contribution in [1.29, 1.82) is 0 Å². The van der Waals surface area contributed by atoms with Gasteiger partial charge in [0, 0.05) is 31.5 Å². The lowest BCUT2D eigenvalue weighted by Crippen LogP contribution is -2.53. The van der Waals surface area contributed by atoms with Crippen LogP contribution in [0.5, 0.6) is 0 Å². The van der Waals surface area contributed by atoms with Crippen LogP contribution >= 0.6 is 0 Å². The van der Waals surface area contributed by atoms with Gasteiger partial charge in [-0.2, -0.15) is 0 Å². The van der Waals surface area contributed by atoms with Crippen molar-refractivity contribution in [3.05, 3.63) is 59.7 Å². The minimum absolute atomic E-state index is 0.0238. The van der Waals surface area contributed by atoms with Crippen molar-refractivity contribution in [2.75, 3.05) is 26.3 Å². The summed E-state index contributed by atoms with van der Waals surface area (Å²) in [6.07, 6.45) is 1.36. The Hall–Kier alpha value is -3.39. The first-order chi connectivity index (χ1) is 17.0. The number of nitrogens with zero attached hydrogens (tertiary/aromatic N) is 1. The third kappa shape index (κ3) is 4.62. The smallest absolute Gasteiger partial charge is 0.407 e. The van der Waals surface area contributed by atoms with E-state index in [0.29, 0.717) is 26.0 Å². The van der Waals surface area contributed by atoms with Crippen LogP contribution < -0.4 is 5.32 Å². The van der Waals surface area contributed by atoms with Gasteiger partial charge in [-0.05, 0) is 47.9 Å². The van der Waals surface area contributed by atoms with E-state index < -0.39 is 24.2 Å². The summed E-state index contributed by atoms with van der Waals surface area (Å²) < 4.78 is 11.3. The number of benzene rings is 2. The number of aliphatic carboxylic acids is 1. The number of nitrogens with one attached hydrogen (secondary N) is 1. The van der Waals surface area contributed by atoms with Crippen molar-refractivity contribution in [2.45, 2.75) is 43.7 Å². The molecule has 2 aromatic rings. The molecule has 0 saturated carbocycles. The lowest BCUT2D eigenvalue weighted by Gasteiger charge is -2.35. The van der Waals surface area contributed by atoms with E-state index in [1.165, 1.54) is 16.0 Å². The number of fused-ring (bicyclic) bond motifs is 3. The topological polar surface area (TPSA) is 105 Å². The van der Waals surface area contributed by atoms with Crippen LogP contribution in [0.25, 0.3) is 11.1 Å². The number of carboxylic acid groups (broad SMARTS) is 1. The summed E-state index contributed by atoms with van der Waals surface area (Å²) in [7, 11) is 0. The standard InChI is InChI=1S/C27H30N2O6/c30-25(29-13-6-5-11-23(29)26(31)32)24-17(12-14-34-24)15-28-27(33)35-16-22-20-9-3-1-7-18(20)19-8-2-4-10-21(19)22/h1-4,7-10,17,22-24H,5-6,11-16H2,(H,28,33)(H,31,32)/t17-,23+,24-/m1/s1. The molecule has 2 N–H and O–H groups in total. The predicted octanol–water partition coefficient (Wildman–Crippen LogP) is 3.40. The van der Waals surface area contributed by atoms with Gasteiger partial charge in [-0.25, -0.2) is 9.59 Å². The highest BCUT2D eigenvalue weighted by Gasteiger charge is 2.41. The van der Waals surface area contributed by atoms with Crippen LogP contribution in [0.2, 0.25) is 0 Å². The van der Waals surface area contributed by atoms with E-state index in [9.17, 15) is 19.5 Å². The van der Waals surface area contributed by atoms with Crippen molar-refractivity contribution < 1.29 is 29.0 Å². The number of ether oxygens (including phenoxy) is 2. The molecular weight excluding hydrogens is 448 g/mol. The molecule has 3 aliphatic rings. The Morgan fingerprint density at radius 2 is 1.69 bits per heavy atom. The number of rotatable bonds is 6. The first-order valence-corrected chi connectivity index (χ1v) is 12.3. The maximum absolute atomic E-state index is 13.1. The summed E-state index contributed by atoms with van der Waals surface area (Å²) in [6.45, 7) is 1.28. The molecule has 0 aromatic heterocycles. The molecule has 0 bridgehead atoms. The molecular formula is C27H30N2O6. The monoisotopic (exact) mass is 478 g/mol. The fourth-order valence-corrected chi connectivity index (χ4v) is 5.60. The Bertz CT molecular complexity index is 1070. The zero-order chi connectivity index (χ0) is 24.4. The summed E-state index contributed by atoms with van der Waals surface area (Å²) in [5.74, 6) is -1.53. The molecule has 0 radical (unpaired) electrons. The fraction of sp³-hybridized carbons (Fsp3) is 0.444. The molecule has 8 nitrogen and oxygen atoms in total. The summed E-state index contributed by atoms with van der Waals surface area (Å²) in [4.78, 5) is 38.7. The minimum Gasteiger partial charge on any atom is -0.480 e. The largest absolute Gasteiger partial charge is 0.480 e. The number of alkyl carbamates (subject to hydrolysis) is 1. The third-order valence-corrected chi connectivity index (χ3v) is 7.38. The Morgan fingerprint density at radius 1 is 1.00 bits per heavy atom. The molecule has 0 unspecified atom stereocenters. The van der Waals surface area contributed by atoms with Gasteiger partial charge in [-0.1, -0.05) is 48.5 Å². The second kappa shape index (κ2) is 10.1. The van der Waals surface area contributed by atoms with E-state index in [0.717, 1.165) is 24.0 Å². The summed E-state index contributed by atoms with van der Waals surface area (Å²) in [5, 5.41) is 12.3. The van der Waals surface area contributed by atoms with E-state index in [1.54, 1.807) is 0 Å². The molecule has 2 aromatic carbocycles. The molecule has 8 heteroatoms. The molecule has 2 amide bonds. The van der Waals surface area contributed by atoms with Gasteiger partial charge >= 0.3 is 12.1 Å². The van der Waals surface area contributed by atoms with Gasteiger partial charge in [-0.3, -0.25) is 4.79 Å². The van der Waals surface area contributed by atoms with Crippen LogP contribution in [0.4, 0.5) is 4.79 Å². The molecule has 2 aliphatic heterocycles. The lowest BCUT2D eigenvalue weighted by molar-refractivity contribution is -0.157. The molecule has 2 saturated heterocycles. The number of hydrogen-bond donors (Lipinski definition) is 2. The highest BCUT2D eigenvalue weighted by atomic mass is 16.5. The Morgan fingerprint density at radius 3 is 2.37 bits per heavy atom. The number of likely N-dealkylation sites (tertiary alicyclic amines) is 1. The first kappa shape index (κ1) is 23.4. The van der Waals surface area contributed by atoms with Crippen molar-refractivity contribution in [3.8, 4) is 11.1 Å². The van der Waals surface area contributed by atoms with Gasteiger partial charge < -0.3 is 24.8 Å². The molecule has 2 heterocycles. The third-order valence-electron chi connectivity index (χ3n) is 7.38. The Labute approximate surface area is 204 Å². The van der Waals surface area contributed by atoms with Crippen molar-refractivity contribution in [2.24, 2.45) is 5.92 Å². The van der Waals surface area contributed by atoms with Gasteiger partial charge in [0.05, 0.1) is 0 Å². The van der Waals surface area contributed by atoms with E-state index in [2.05, 4.69) is 29.6 Å². The van der Waals surface area contributed by atoms with E-state index in [-0.39, 0.29) is 30.9 Å². The Kier molecular flexibility index (Phi) is 6.72. The maximum Gasteiger partial charge on any atom is 0.407 e. The average molecular weight is 479 g/mol. The van der Waals surface area contributed by atoms with Crippen LogP contribution in [0.1, 0.15) is 42.7 Å². The van der Waals surface area contributed by atoms with Crippen molar-refractivity contribution >= 4 is 18.0 Å². The van der Waals surface area contributed by atoms with Gasteiger partial charge in [0.1, 0.15) is 18.8 Å². The van der Waals surface area contributed by atoms with Crippen LogP contribution in [-0.4, -0.2) is 66.4 Å². The highest BCUT2D eigenvalue weighted by Crippen LogP contribution is 2.44. The SMILES string of the molecule is O=C(NC[C@H]1CCO[C@H]1C(=O)N1CCCC[C@H]1C(=O)O)OCC1c2ccccc2-c2ccccc21. The number of amides is 2. The summed E-state index contributed by atoms with van der Waals surface area (Å²) in [5.41, 5.74) is 4.62.